The lowest BCUT2D eigenvalue weighted by Crippen LogP contribution is -2.46. The Balaban J connectivity index is 0.000000236. The van der Waals surface area contributed by atoms with E-state index >= 15 is 0 Å². The van der Waals surface area contributed by atoms with Crippen molar-refractivity contribution in [2.24, 2.45) is 0 Å². The van der Waals surface area contributed by atoms with Gasteiger partial charge in [0.15, 0.2) is 23.0 Å². The molecule has 0 aromatic heterocycles. The van der Waals surface area contributed by atoms with Crippen molar-refractivity contribution in [2.75, 3.05) is 124 Å². The number of hydrogen-bond donors (Lipinski definition) is 2. The normalized spacial score (nSPS) is 16.6. The van der Waals surface area contributed by atoms with E-state index < -0.39 is 24.7 Å². The second-order valence-corrected chi connectivity index (χ2v) is 17.9. The predicted octanol–water partition coefficient (Wildman–Crippen LogP) is 6.66. The van der Waals surface area contributed by atoms with Crippen LogP contribution in [0.25, 0.3) is 0 Å². The van der Waals surface area contributed by atoms with E-state index in [0.717, 1.165) is 82.4 Å². The van der Waals surface area contributed by atoms with Gasteiger partial charge in [0, 0.05) is 65.6 Å². The molecule has 0 bridgehead atoms. The number of ether oxygens (including phenoxy) is 5. The number of rotatable bonds is 21. The molecule has 2 fully saturated rings. The minimum absolute atomic E-state index is 0. The molecule has 4 aromatic rings. The maximum Gasteiger partial charge on any atom is 0.329 e. The summed E-state index contributed by atoms with van der Waals surface area (Å²) in [5.41, 5.74) is 4.85. The Labute approximate surface area is 428 Å². The predicted molar refractivity (Wildman–Crippen MR) is 278 cm³/mol. The average molecular weight is 1010 g/mol. The van der Waals surface area contributed by atoms with E-state index in [4.69, 9.17) is 28.8 Å². The molecule has 0 saturated carbocycles. The number of aliphatic carboxylic acids is 1. The van der Waals surface area contributed by atoms with E-state index in [1.165, 1.54) is 16.9 Å². The molecule has 2 N–H and O–H groups in total. The number of carbonyl (C=O) groups excluding carboxylic acids is 4. The number of aliphatic hydroxyl groups excluding tert-OH is 1. The van der Waals surface area contributed by atoms with Crippen molar-refractivity contribution in [2.45, 2.75) is 59.0 Å². The molecule has 4 heterocycles. The van der Waals surface area contributed by atoms with Gasteiger partial charge in [-0.1, -0.05) is 45.5 Å². The molecule has 2 saturated heterocycles. The Bertz CT molecular complexity index is 2580. The van der Waals surface area contributed by atoms with Crippen molar-refractivity contribution < 1.29 is 57.9 Å². The molecular formula is C55H72N6O12. The van der Waals surface area contributed by atoms with Crippen LogP contribution in [0, 0.1) is 0 Å². The van der Waals surface area contributed by atoms with Gasteiger partial charge in [0.2, 0.25) is 0 Å². The average Bonchev–Trinajstić information content (AvgIpc) is 3.82. The minimum Gasteiger partial charge on any atom is -0.493 e. The number of amides is 4. The highest BCUT2D eigenvalue weighted by atomic mass is 16.5. The monoisotopic (exact) mass is 1010 g/mol. The van der Waals surface area contributed by atoms with Gasteiger partial charge >= 0.3 is 5.97 Å². The maximum absolute atomic E-state index is 14.0. The molecule has 73 heavy (non-hydrogen) atoms. The van der Waals surface area contributed by atoms with Crippen molar-refractivity contribution >= 4 is 41.0 Å². The van der Waals surface area contributed by atoms with E-state index in [2.05, 4.69) is 33.4 Å². The molecular weight excluding hydrogens is 937 g/mol. The van der Waals surface area contributed by atoms with Crippen LogP contribution in [0.4, 0.5) is 11.4 Å². The molecule has 18 nitrogen and oxygen atoms in total. The maximum atomic E-state index is 14.0. The first-order valence-electron chi connectivity index (χ1n) is 24.7. The quantitative estimate of drug-likeness (QED) is 0.0665. The van der Waals surface area contributed by atoms with Gasteiger partial charge in [-0.25, -0.2) is 4.79 Å². The van der Waals surface area contributed by atoms with Crippen LogP contribution in [-0.2, 0) is 9.53 Å². The molecule has 0 spiro atoms. The summed E-state index contributed by atoms with van der Waals surface area (Å²) in [6.45, 7) is 12.9. The van der Waals surface area contributed by atoms with Crippen LogP contribution in [-0.4, -0.2) is 173 Å². The largest absolute Gasteiger partial charge is 0.493 e. The van der Waals surface area contributed by atoms with Crippen molar-refractivity contribution in [3.05, 3.63) is 106 Å². The third-order valence-corrected chi connectivity index (χ3v) is 14.0. The van der Waals surface area contributed by atoms with Gasteiger partial charge in [0.1, 0.15) is 6.61 Å². The van der Waals surface area contributed by atoms with Gasteiger partial charge in [-0.3, -0.25) is 29.0 Å². The zero-order valence-electron chi connectivity index (χ0n) is 42.3. The van der Waals surface area contributed by atoms with Crippen molar-refractivity contribution in [1.82, 2.24) is 19.6 Å². The molecule has 4 aromatic carbocycles. The molecule has 0 unspecified atom stereocenters. The highest BCUT2D eigenvalue weighted by Gasteiger charge is 2.44. The Kier molecular flexibility index (Phi) is 19.6. The number of methoxy groups -OCH3 is 4. The van der Waals surface area contributed by atoms with Crippen LogP contribution in [0.5, 0.6) is 23.0 Å². The van der Waals surface area contributed by atoms with Crippen LogP contribution in [0.15, 0.2) is 72.8 Å². The highest BCUT2D eigenvalue weighted by molar-refractivity contribution is 6.25. The first-order chi connectivity index (χ1) is 34.9. The molecule has 8 rings (SSSR count). The number of hydrogen-bond acceptors (Lipinski definition) is 15. The standard InChI is InChI=1S/C28H35N3O7.C26H33N3O5.CH4/c1-4-29-12-14-30(15-13-29)22-8-5-7-20-26(22)28(35)31(27(20)34)21(9-6-16-38-18-25(32)33)19-10-11-23(36-2)24(17-19)37-3;1-4-27-12-14-28(15-13-27)21-8-5-7-19-24(21)26(32)29(25(19)31)20(9-6-16-30)18-10-11-22(33-2)23(17-18)34-3;/h5,7-8,10-11,17,21H,4,6,9,12-16,18H2,1-3H3,(H,32,33);5,7-8,10-11,17,20,30H,4,6,9,12-16H2,1-3H3;1H4/t21-;20-;/m11./s1. The van der Waals surface area contributed by atoms with Crippen molar-refractivity contribution in [3.8, 4) is 23.0 Å². The van der Waals surface area contributed by atoms with Crippen LogP contribution in [0.2, 0.25) is 0 Å². The highest BCUT2D eigenvalue weighted by Crippen LogP contribution is 2.42. The van der Waals surface area contributed by atoms with Gasteiger partial charge in [-0.05, 0) is 98.4 Å². The van der Waals surface area contributed by atoms with Crippen LogP contribution in [0.1, 0.15) is 112 Å². The number of carboxylic acid groups (broad SMARTS) is 1. The fourth-order valence-corrected chi connectivity index (χ4v) is 10.1. The number of carbonyl (C=O) groups is 5. The number of carboxylic acids is 1. The summed E-state index contributed by atoms with van der Waals surface area (Å²) < 4.78 is 26.9. The van der Waals surface area contributed by atoms with Crippen molar-refractivity contribution in [3.63, 3.8) is 0 Å². The van der Waals surface area contributed by atoms with Crippen LogP contribution in [0.3, 0.4) is 0 Å². The summed E-state index contributed by atoms with van der Waals surface area (Å²) in [6, 6.07) is 20.6. The Morgan fingerprint density at radius 1 is 0.562 bits per heavy atom. The summed E-state index contributed by atoms with van der Waals surface area (Å²) >= 11 is 0. The van der Waals surface area contributed by atoms with E-state index in [9.17, 15) is 29.1 Å². The third-order valence-electron chi connectivity index (χ3n) is 14.0. The lowest BCUT2D eigenvalue weighted by Gasteiger charge is -2.36. The molecule has 0 aliphatic carbocycles. The third kappa shape index (κ3) is 12.0. The zero-order valence-corrected chi connectivity index (χ0v) is 42.3. The Morgan fingerprint density at radius 3 is 1.34 bits per heavy atom. The van der Waals surface area contributed by atoms with Crippen LogP contribution >= 0.6 is 0 Å². The molecule has 4 aliphatic heterocycles. The molecule has 4 amide bonds. The summed E-state index contributed by atoms with van der Waals surface area (Å²) in [5.74, 6) is -0.177. The topological polar surface area (TPSA) is 191 Å². The van der Waals surface area contributed by atoms with E-state index in [0.29, 0.717) is 76.5 Å². The summed E-state index contributed by atoms with van der Waals surface area (Å²) in [5, 5.41) is 18.4. The van der Waals surface area contributed by atoms with Gasteiger partial charge in [-0.2, -0.15) is 0 Å². The number of anilines is 2. The van der Waals surface area contributed by atoms with E-state index in [-0.39, 0.29) is 44.3 Å². The molecule has 2 atom stereocenters. The summed E-state index contributed by atoms with van der Waals surface area (Å²) in [7, 11) is 6.19. The Hall–Kier alpha value is -6.73. The lowest BCUT2D eigenvalue weighted by molar-refractivity contribution is -0.142. The molecule has 394 valence electrons. The van der Waals surface area contributed by atoms with Crippen molar-refractivity contribution in [1.29, 1.82) is 0 Å². The number of piperazine rings is 2. The van der Waals surface area contributed by atoms with Gasteiger partial charge in [0.05, 0.1) is 74.2 Å². The molecule has 4 aliphatic rings. The van der Waals surface area contributed by atoms with E-state index in [1.807, 2.05) is 36.4 Å². The fraction of sp³-hybridized carbons (Fsp3) is 0.473. The number of likely N-dealkylation sites (N-methyl/N-ethyl adjacent to an activating group) is 2. The second-order valence-electron chi connectivity index (χ2n) is 17.9. The first kappa shape index (κ1) is 55.6. The number of imide groups is 2. The molecule has 18 heteroatoms. The lowest BCUT2D eigenvalue weighted by atomic mass is 9.99. The summed E-state index contributed by atoms with van der Waals surface area (Å²) in [6.07, 6.45) is 1.75. The zero-order chi connectivity index (χ0) is 51.5. The second kappa shape index (κ2) is 25.8. The summed E-state index contributed by atoms with van der Waals surface area (Å²) in [4.78, 5) is 77.7. The first-order valence-corrected chi connectivity index (χ1v) is 24.7. The number of benzene rings is 4. The van der Waals surface area contributed by atoms with Crippen LogP contribution < -0.4 is 28.7 Å². The fourth-order valence-electron chi connectivity index (χ4n) is 10.1. The Morgan fingerprint density at radius 2 is 0.973 bits per heavy atom. The van der Waals surface area contributed by atoms with Gasteiger partial charge < -0.3 is 53.5 Å². The SMILES string of the molecule is C.CCN1CCN(c2cccc3c2C(=O)N([C@H](CCCO)c2ccc(OC)c(OC)c2)C3=O)CC1.CCN1CCN(c2cccc3c2C(=O)N([C@H](CCCOCC(=O)O)c2ccc(OC)c(OC)c2)C3=O)CC1. The molecule has 0 radical (unpaired) electrons. The van der Waals surface area contributed by atoms with Gasteiger partial charge in [0.25, 0.3) is 23.6 Å². The smallest absolute Gasteiger partial charge is 0.329 e. The minimum atomic E-state index is -1.05. The van der Waals surface area contributed by atoms with Gasteiger partial charge in [-0.15, -0.1) is 0 Å². The number of aliphatic hydroxyl groups is 1. The number of fused-ring (bicyclic) bond motifs is 2. The number of nitrogens with zero attached hydrogens (tertiary/aromatic N) is 6. The van der Waals surface area contributed by atoms with E-state index in [1.54, 1.807) is 57.7 Å².